The average molecular weight is 369 g/mol. The average Bonchev–Trinajstić information content (AvgIpc) is 2.70. The molecule has 1 aliphatic heterocycles. The number of methoxy groups -OCH3 is 2. The Balaban J connectivity index is 1.91. The number of amides is 1. The van der Waals surface area contributed by atoms with Crippen LogP contribution in [-0.4, -0.2) is 38.2 Å². The van der Waals surface area contributed by atoms with Gasteiger partial charge in [-0.25, -0.2) is 4.79 Å². The molecule has 140 valence electrons. The van der Waals surface area contributed by atoms with Crippen LogP contribution in [0.3, 0.4) is 0 Å². The van der Waals surface area contributed by atoms with Crippen LogP contribution in [0.5, 0.6) is 5.75 Å². The van der Waals surface area contributed by atoms with Crippen molar-refractivity contribution in [3.8, 4) is 5.75 Å². The Labute approximate surface area is 156 Å². The highest BCUT2D eigenvalue weighted by Crippen LogP contribution is 2.35. The minimum atomic E-state index is -0.962. The summed E-state index contributed by atoms with van der Waals surface area (Å²) in [7, 11) is 2.58. The smallest absolute Gasteiger partial charge is 0.337 e. The highest BCUT2D eigenvalue weighted by Gasteiger charge is 2.36. The van der Waals surface area contributed by atoms with Crippen LogP contribution in [0.15, 0.2) is 48.5 Å². The van der Waals surface area contributed by atoms with Crippen molar-refractivity contribution >= 4 is 23.5 Å². The number of esters is 2. The quantitative estimate of drug-likeness (QED) is 0.753. The van der Waals surface area contributed by atoms with Gasteiger partial charge in [-0.2, -0.15) is 0 Å². The number of para-hydroxylation sites is 2. The van der Waals surface area contributed by atoms with Gasteiger partial charge in [0.15, 0.2) is 6.10 Å². The van der Waals surface area contributed by atoms with Crippen molar-refractivity contribution in [2.75, 3.05) is 19.1 Å². The number of benzene rings is 2. The number of ether oxygens (including phenoxy) is 3. The molecule has 0 spiro atoms. The predicted molar refractivity (Wildman–Crippen MR) is 96.5 cm³/mol. The van der Waals surface area contributed by atoms with E-state index in [4.69, 9.17) is 9.47 Å². The summed E-state index contributed by atoms with van der Waals surface area (Å²) in [5.74, 6) is -0.813. The van der Waals surface area contributed by atoms with Gasteiger partial charge in [-0.15, -0.1) is 0 Å². The van der Waals surface area contributed by atoms with Gasteiger partial charge < -0.3 is 19.1 Å². The van der Waals surface area contributed by atoms with Gasteiger partial charge in [0.2, 0.25) is 0 Å². The Morgan fingerprint density at radius 3 is 2.59 bits per heavy atom. The predicted octanol–water partition coefficient (Wildman–Crippen LogP) is 2.33. The third kappa shape index (κ3) is 3.92. The van der Waals surface area contributed by atoms with Crippen LogP contribution in [-0.2, 0) is 25.6 Å². The molecule has 2 aromatic rings. The van der Waals surface area contributed by atoms with Gasteiger partial charge in [-0.05, 0) is 29.8 Å². The van der Waals surface area contributed by atoms with Crippen LogP contribution in [0, 0.1) is 0 Å². The van der Waals surface area contributed by atoms with E-state index in [1.54, 1.807) is 47.4 Å². The summed E-state index contributed by atoms with van der Waals surface area (Å²) in [5.41, 5.74) is 1.75. The van der Waals surface area contributed by atoms with E-state index in [-0.39, 0.29) is 18.9 Å². The van der Waals surface area contributed by atoms with E-state index in [1.165, 1.54) is 14.2 Å². The first-order chi connectivity index (χ1) is 13.0. The van der Waals surface area contributed by atoms with Gasteiger partial charge in [0.25, 0.3) is 5.91 Å². The molecule has 1 atom stereocenters. The van der Waals surface area contributed by atoms with Gasteiger partial charge in [-0.1, -0.05) is 24.3 Å². The molecule has 2 aromatic carbocycles. The van der Waals surface area contributed by atoms with Crippen LogP contribution in [0.25, 0.3) is 0 Å². The van der Waals surface area contributed by atoms with Crippen molar-refractivity contribution in [3.05, 3.63) is 59.7 Å². The second kappa shape index (κ2) is 7.90. The zero-order valence-electron chi connectivity index (χ0n) is 15.0. The third-order valence-electron chi connectivity index (χ3n) is 4.24. The molecule has 0 radical (unpaired) electrons. The van der Waals surface area contributed by atoms with Crippen molar-refractivity contribution in [2.24, 2.45) is 0 Å². The van der Waals surface area contributed by atoms with Gasteiger partial charge in [-0.3, -0.25) is 9.59 Å². The van der Waals surface area contributed by atoms with E-state index < -0.39 is 18.0 Å². The van der Waals surface area contributed by atoms with Gasteiger partial charge >= 0.3 is 11.9 Å². The van der Waals surface area contributed by atoms with E-state index in [0.717, 1.165) is 5.56 Å². The summed E-state index contributed by atoms with van der Waals surface area (Å²) in [4.78, 5) is 37.8. The molecule has 0 bridgehead atoms. The summed E-state index contributed by atoms with van der Waals surface area (Å²) in [6.07, 6.45) is -1.14. The van der Waals surface area contributed by atoms with E-state index >= 15 is 0 Å². The fourth-order valence-corrected chi connectivity index (χ4v) is 2.90. The Bertz CT molecular complexity index is 878. The lowest BCUT2D eigenvalue weighted by Crippen LogP contribution is -2.46. The van der Waals surface area contributed by atoms with Crippen LogP contribution in [0.1, 0.15) is 22.3 Å². The monoisotopic (exact) mass is 369 g/mol. The molecule has 1 amide bonds. The van der Waals surface area contributed by atoms with Crippen LogP contribution < -0.4 is 9.64 Å². The standard InChI is InChI=1S/C20H19NO6/c1-25-18(22)11-17-19(23)21(15-8-3-4-9-16(15)27-17)12-13-6-5-7-14(10-13)20(24)26-2/h3-10,17H,11-12H2,1-2H3. The topological polar surface area (TPSA) is 82.1 Å². The number of rotatable bonds is 5. The second-order valence-corrected chi connectivity index (χ2v) is 5.97. The molecule has 1 unspecified atom stereocenters. The molecule has 0 saturated heterocycles. The maximum Gasteiger partial charge on any atom is 0.337 e. The number of hydrogen-bond acceptors (Lipinski definition) is 6. The Kier molecular flexibility index (Phi) is 5.40. The molecular formula is C20H19NO6. The SMILES string of the molecule is COC(=O)CC1Oc2ccccc2N(Cc2cccc(C(=O)OC)c2)C1=O. The highest BCUT2D eigenvalue weighted by molar-refractivity contribution is 6.01. The number of nitrogens with zero attached hydrogens (tertiary/aromatic N) is 1. The van der Waals surface area contributed by atoms with Crippen LogP contribution >= 0.6 is 0 Å². The van der Waals surface area contributed by atoms with Crippen molar-refractivity contribution in [3.63, 3.8) is 0 Å². The molecule has 1 heterocycles. The number of anilines is 1. The lowest BCUT2D eigenvalue weighted by atomic mass is 10.1. The number of carbonyl (C=O) groups is 3. The minimum Gasteiger partial charge on any atom is -0.478 e. The Morgan fingerprint density at radius 1 is 1.07 bits per heavy atom. The Hall–Kier alpha value is -3.35. The zero-order chi connectivity index (χ0) is 19.4. The first-order valence-electron chi connectivity index (χ1n) is 8.34. The van der Waals surface area contributed by atoms with E-state index in [1.807, 2.05) is 6.07 Å². The molecule has 0 fully saturated rings. The van der Waals surface area contributed by atoms with Crippen LogP contribution in [0.4, 0.5) is 5.69 Å². The van der Waals surface area contributed by atoms with E-state index in [0.29, 0.717) is 17.0 Å². The number of hydrogen-bond donors (Lipinski definition) is 0. The molecule has 0 N–H and O–H groups in total. The fraction of sp³-hybridized carbons (Fsp3) is 0.250. The van der Waals surface area contributed by atoms with Gasteiger partial charge in [0.1, 0.15) is 5.75 Å². The highest BCUT2D eigenvalue weighted by atomic mass is 16.5. The molecule has 0 aromatic heterocycles. The molecule has 7 heteroatoms. The molecular weight excluding hydrogens is 350 g/mol. The molecule has 0 saturated carbocycles. The maximum absolute atomic E-state index is 12.9. The third-order valence-corrected chi connectivity index (χ3v) is 4.24. The lowest BCUT2D eigenvalue weighted by molar-refractivity contribution is -0.145. The molecule has 0 aliphatic carbocycles. The first-order valence-corrected chi connectivity index (χ1v) is 8.34. The lowest BCUT2D eigenvalue weighted by Gasteiger charge is -2.34. The van der Waals surface area contributed by atoms with Crippen molar-refractivity contribution in [1.29, 1.82) is 0 Å². The van der Waals surface area contributed by atoms with E-state index in [2.05, 4.69) is 4.74 Å². The van der Waals surface area contributed by atoms with Crippen LogP contribution in [0.2, 0.25) is 0 Å². The normalized spacial score (nSPS) is 15.6. The molecule has 7 nitrogen and oxygen atoms in total. The summed E-state index contributed by atoms with van der Waals surface area (Å²) in [6.45, 7) is 0.224. The summed E-state index contributed by atoms with van der Waals surface area (Å²) < 4.78 is 15.1. The summed E-state index contributed by atoms with van der Waals surface area (Å²) >= 11 is 0. The van der Waals surface area contributed by atoms with Gasteiger partial charge in [0.05, 0.1) is 38.4 Å². The largest absolute Gasteiger partial charge is 0.478 e. The maximum atomic E-state index is 12.9. The van der Waals surface area contributed by atoms with Crippen molar-refractivity contribution in [1.82, 2.24) is 0 Å². The Morgan fingerprint density at radius 2 is 1.85 bits per heavy atom. The fourth-order valence-electron chi connectivity index (χ4n) is 2.90. The minimum absolute atomic E-state index is 0.178. The summed E-state index contributed by atoms with van der Waals surface area (Å²) in [6, 6.07) is 14.0. The molecule has 27 heavy (non-hydrogen) atoms. The molecule has 1 aliphatic rings. The molecule has 3 rings (SSSR count). The van der Waals surface area contributed by atoms with Crippen molar-refractivity contribution < 1.29 is 28.6 Å². The first kappa shape index (κ1) is 18.4. The van der Waals surface area contributed by atoms with Crippen molar-refractivity contribution in [2.45, 2.75) is 19.1 Å². The zero-order valence-corrected chi connectivity index (χ0v) is 15.0. The van der Waals surface area contributed by atoms with E-state index in [9.17, 15) is 14.4 Å². The number of carbonyl (C=O) groups excluding carboxylic acids is 3. The second-order valence-electron chi connectivity index (χ2n) is 5.97. The van der Waals surface area contributed by atoms with Gasteiger partial charge in [0, 0.05) is 0 Å². The number of fused-ring (bicyclic) bond motifs is 1. The summed E-state index contributed by atoms with van der Waals surface area (Å²) in [5, 5.41) is 0.